The minimum absolute atomic E-state index is 0.336. The maximum atomic E-state index is 4.78. The van der Waals surface area contributed by atoms with Gasteiger partial charge in [0, 0.05) is 31.4 Å². The lowest BCUT2D eigenvalue weighted by atomic mass is 10.0. The van der Waals surface area contributed by atoms with Crippen molar-refractivity contribution in [1.82, 2.24) is 10.3 Å². The molecule has 1 unspecified atom stereocenters. The molecule has 21 heavy (non-hydrogen) atoms. The summed E-state index contributed by atoms with van der Waals surface area (Å²) in [6.45, 7) is 6.37. The number of benzene rings is 1. The molecule has 0 fully saturated rings. The molecule has 3 nitrogen and oxygen atoms in total. The summed E-state index contributed by atoms with van der Waals surface area (Å²) >= 11 is 1.74. The first-order valence-corrected chi connectivity index (χ1v) is 8.56. The largest absolute Gasteiger partial charge is 0.351 e. The molecule has 1 aromatic carbocycles. The Hall–Kier alpha value is -1.39. The van der Waals surface area contributed by atoms with Crippen LogP contribution in [0.2, 0.25) is 0 Å². The molecule has 0 radical (unpaired) electrons. The van der Waals surface area contributed by atoms with Gasteiger partial charge in [0.25, 0.3) is 0 Å². The number of nitrogens with one attached hydrogen (secondary N) is 1. The van der Waals surface area contributed by atoms with Crippen LogP contribution < -0.4 is 10.2 Å². The zero-order valence-electron chi connectivity index (χ0n) is 13.2. The van der Waals surface area contributed by atoms with Gasteiger partial charge in [0.05, 0.1) is 5.69 Å². The van der Waals surface area contributed by atoms with E-state index in [0.717, 1.165) is 31.1 Å². The summed E-state index contributed by atoms with van der Waals surface area (Å²) < 4.78 is 0. The molecule has 0 aliphatic carbocycles. The van der Waals surface area contributed by atoms with Crippen LogP contribution in [0.3, 0.4) is 0 Å². The quantitative estimate of drug-likeness (QED) is 0.802. The van der Waals surface area contributed by atoms with Crippen LogP contribution >= 0.6 is 11.3 Å². The van der Waals surface area contributed by atoms with E-state index >= 15 is 0 Å². The molecule has 2 aromatic rings. The third-order valence-electron chi connectivity index (χ3n) is 3.49. The molecule has 0 saturated carbocycles. The molecule has 0 aliphatic heterocycles. The Morgan fingerprint density at radius 1 is 1.24 bits per heavy atom. The van der Waals surface area contributed by atoms with Crippen molar-refractivity contribution in [2.24, 2.45) is 0 Å². The Kier molecular flexibility index (Phi) is 6.21. The average molecular weight is 303 g/mol. The predicted molar refractivity (Wildman–Crippen MR) is 92.2 cm³/mol. The van der Waals surface area contributed by atoms with Crippen LogP contribution in [0.5, 0.6) is 0 Å². The third-order valence-corrected chi connectivity index (χ3v) is 4.49. The number of rotatable bonds is 8. The number of likely N-dealkylation sites (N-methyl/N-ethyl adjacent to an activating group) is 1. The Balaban J connectivity index is 2.07. The van der Waals surface area contributed by atoms with Crippen molar-refractivity contribution in [3.8, 4) is 0 Å². The number of anilines is 1. The van der Waals surface area contributed by atoms with Gasteiger partial charge in [-0.05, 0) is 18.5 Å². The van der Waals surface area contributed by atoms with E-state index in [2.05, 4.69) is 66.8 Å². The van der Waals surface area contributed by atoms with E-state index in [0.29, 0.717) is 6.04 Å². The smallest absolute Gasteiger partial charge is 0.185 e. The average Bonchev–Trinajstić information content (AvgIpc) is 2.97. The van der Waals surface area contributed by atoms with Crippen LogP contribution in [0.25, 0.3) is 0 Å². The van der Waals surface area contributed by atoms with Gasteiger partial charge in [-0.2, -0.15) is 0 Å². The van der Waals surface area contributed by atoms with Gasteiger partial charge in [-0.3, -0.25) is 0 Å². The van der Waals surface area contributed by atoms with Gasteiger partial charge >= 0.3 is 0 Å². The molecule has 114 valence electrons. The van der Waals surface area contributed by atoms with Crippen molar-refractivity contribution < 1.29 is 0 Å². The molecule has 0 aliphatic rings. The third kappa shape index (κ3) is 4.55. The lowest BCUT2D eigenvalue weighted by molar-refractivity contribution is 0.545. The molecule has 0 amide bonds. The van der Waals surface area contributed by atoms with Crippen molar-refractivity contribution in [3.05, 3.63) is 47.0 Å². The molecular weight excluding hydrogens is 278 g/mol. The molecule has 2 rings (SSSR count). The summed E-state index contributed by atoms with van der Waals surface area (Å²) in [5, 5.41) is 6.87. The SMILES string of the molecule is CCCN(C)c1nc(CC(NCC)c2ccccc2)cs1. The van der Waals surface area contributed by atoms with Gasteiger partial charge in [0.2, 0.25) is 0 Å². The highest BCUT2D eigenvalue weighted by molar-refractivity contribution is 7.13. The standard InChI is InChI=1S/C17H25N3S/c1-4-11-20(3)17-19-15(13-21-17)12-16(18-5-2)14-9-7-6-8-10-14/h6-10,13,16,18H,4-5,11-12H2,1-3H3. The van der Waals surface area contributed by atoms with E-state index in [-0.39, 0.29) is 0 Å². The van der Waals surface area contributed by atoms with Crippen molar-refractivity contribution in [1.29, 1.82) is 0 Å². The lowest BCUT2D eigenvalue weighted by Crippen LogP contribution is -2.23. The zero-order valence-corrected chi connectivity index (χ0v) is 14.0. The van der Waals surface area contributed by atoms with Gasteiger partial charge in [-0.1, -0.05) is 44.2 Å². The second kappa shape index (κ2) is 8.15. The number of hydrogen-bond donors (Lipinski definition) is 1. The first kappa shape index (κ1) is 16.0. The van der Waals surface area contributed by atoms with E-state index < -0.39 is 0 Å². The van der Waals surface area contributed by atoms with E-state index in [1.807, 2.05) is 0 Å². The minimum atomic E-state index is 0.336. The summed E-state index contributed by atoms with van der Waals surface area (Å²) in [6, 6.07) is 11.0. The molecule has 1 heterocycles. The highest BCUT2D eigenvalue weighted by Gasteiger charge is 2.14. The molecule has 0 bridgehead atoms. The molecule has 1 atom stereocenters. The Morgan fingerprint density at radius 2 is 2.00 bits per heavy atom. The molecule has 1 aromatic heterocycles. The molecular formula is C17H25N3S. The number of thiazole rings is 1. The van der Waals surface area contributed by atoms with Crippen LogP contribution in [0.4, 0.5) is 5.13 Å². The molecule has 1 N–H and O–H groups in total. The molecule has 0 saturated heterocycles. The summed E-state index contributed by atoms with van der Waals surface area (Å²) in [6.07, 6.45) is 2.09. The number of hydrogen-bond acceptors (Lipinski definition) is 4. The summed E-state index contributed by atoms with van der Waals surface area (Å²) in [7, 11) is 2.12. The summed E-state index contributed by atoms with van der Waals surface area (Å²) in [4.78, 5) is 7.02. The number of nitrogens with zero attached hydrogens (tertiary/aromatic N) is 2. The van der Waals surface area contributed by atoms with Crippen LogP contribution in [0.15, 0.2) is 35.7 Å². The van der Waals surface area contributed by atoms with Crippen molar-refractivity contribution in [3.63, 3.8) is 0 Å². The molecule has 4 heteroatoms. The van der Waals surface area contributed by atoms with E-state index in [9.17, 15) is 0 Å². The lowest BCUT2D eigenvalue weighted by Gasteiger charge is -2.17. The molecule has 0 spiro atoms. The van der Waals surface area contributed by atoms with E-state index in [4.69, 9.17) is 4.98 Å². The fraction of sp³-hybridized carbons (Fsp3) is 0.471. The maximum Gasteiger partial charge on any atom is 0.185 e. The van der Waals surface area contributed by atoms with Gasteiger partial charge in [0.15, 0.2) is 5.13 Å². The fourth-order valence-electron chi connectivity index (χ4n) is 2.45. The van der Waals surface area contributed by atoms with Crippen LogP contribution in [-0.2, 0) is 6.42 Å². The van der Waals surface area contributed by atoms with E-state index in [1.54, 1.807) is 11.3 Å². The maximum absolute atomic E-state index is 4.78. The summed E-state index contributed by atoms with van der Waals surface area (Å²) in [5.41, 5.74) is 2.50. The highest BCUT2D eigenvalue weighted by Crippen LogP contribution is 2.24. The monoisotopic (exact) mass is 303 g/mol. The van der Waals surface area contributed by atoms with Crippen LogP contribution in [0.1, 0.15) is 37.6 Å². The van der Waals surface area contributed by atoms with Crippen molar-refractivity contribution in [2.45, 2.75) is 32.7 Å². The minimum Gasteiger partial charge on any atom is -0.351 e. The van der Waals surface area contributed by atoms with Gasteiger partial charge in [-0.15, -0.1) is 11.3 Å². The second-order valence-corrected chi connectivity index (χ2v) is 6.10. The van der Waals surface area contributed by atoms with Crippen LogP contribution in [0, 0.1) is 0 Å². The second-order valence-electron chi connectivity index (χ2n) is 5.27. The topological polar surface area (TPSA) is 28.2 Å². The number of aromatic nitrogens is 1. The van der Waals surface area contributed by atoms with Gasteiger partial charge in [-0.25, -0.2) is 4.98 Å². The first-order valence-electron chi connectivity index (χ1n) is 7.68. The van der Waals surface area contributed by atoms with E-state index in [1.165, 1.54) is 11.3 Å². The first-order chi connectivity index (χ1) is 10.2. The Morgan fingerprint density at radius 3 is 2.67 bits per heavy atom. The Labute approximate surface area is 132 Å². The normalized spacial score (nSPS) is 12.3. The van der Waals surface area contributed by atoms with Crippen molar-refractivity contribution in [2.75, 3.05) is 25.0 Å². The summed E-state index contributed by atoms with van der Waals surface area (Å²) in [5.74, 6) is 0. The highest BCUT2D eigenvalue weighted by atomic mass is 32.1. The zero-order chi connectivity index (χ0) is 15.1. The Bertz CT molecular complexity index is 524. The van der Waals surface area contributed by atoms with Gasteiger partial charge in [0.1, 0.15) is 0 Å². The predicted octanol–water partition coefficient (Wildman–Crippen LogP) is 3.88. The fourth-order valence-corrected chi connectivity index (χ4v) is 3.28. The van der Waals surface area contributed by atoms with Crippen molar-refractivity contribution >= 4 is 16.5 Å². The van der Waals surface area contributed by atoms with Gasteiger partial charge < -0.3 is 10.2 Å². The van der Waals surface area contributed by atoms with Crippen LogP contribution in [-0.4, -0.2) is 25.1 Å².